The maximum Gasteiger partial charge on any atom is 0.245 e. The number of ether oxygens (including phenoxy) is 1. The lowest BCUT2D eigenvalue weighted by atomic mass is 9.97. The molecule has 1 unspecified atom stereocenters. The number of hydrogen-bond donors (Lipinski definition) is 2. The number of H-pyrrole nitrogens is 1. The minimum absolute atomic E-state index is 0.138. The molecule has 33 heavy (non-hydrogen) atoms. The third-order valence-electron chi connectivity index (χ3n) is 7.64. The second-order valence-corrected chi connectivity index (χ2v) is 9.76. The number of nitrogens with zero attached hydrogens (tertiary/aromatic N) is 5. The molecule has 6 rings (SSSR count). The van der Waals surface area contributed by atoms with E-state index in [1.165, 1.54) is 5.56 Å². The first-order chi connectivity index (χ1) is 16.3. The number of anilines is 3. The molecule has 3 saturated heterocycles. The van der Waals surface area contributed by atoms with Gasteiger partial charge in [0.15, 0.2) is 5.82 Å². The Morgan fingerprint density at radius 2 is 1.88 bits per heavy atom. The lowest BCUT2D eigenvalue weighted by Gasteiger charge is -2.28. The number of amides is 1. The highest BCUT2D eigenvalue weighted by Crippen LogP contribution is 2.34. The molecular weight excluding hydrogens is 418 g/mol. The number of carbonyl (C=O) groups excluding carboxylic acids is 1. The highest BCUT2D eigenvalue weighted by atomic mass is 16.5. The van der Waals surface area contributed by atoms with Gasteiger partial charge in [-0.3, -0.25) is 9.89 Å². The fourth-order valence-electron chi connectivity index (χ4n) is 5.80. The lowest BCUT2D eigenvalue weighted by molar-refractivity contribution is -0.131. The topological polar surface area (TPSA) is 99.3 Å². The van der Waals surface area contributed by atoms with E-state index in [2.05, 4.69) is 26.5 Å². The normalized spacial score (nSPS) is 23.3. The van der Waals surface area contributed by atoms with Crippen LogP contribution in [-0.4, -0.2) is 69.9 Å². The van der Waals surface area contributed by atoms with Crippen molar-refractivity contribution in [3.63, 3.8) is 0 Å². The predicted molar refractivity (Wildman–Crippen MR) is 125 cm³/mol. The van der Waals surface area contributed by atoms with E-state index in [1.807, 2.05) is 4.90 Å². The van der Waals surface area contributed by atoms with E-state index in [9.17, 15) is 4.79 Å². The van der Waals surface area contributed by atoms with E-state index in [-0.39, 0.29) is 11.9 Å². The van der Waals surface area contributed by atoms with E-state index < -0.39 is 0 Å². The number of aryl methyl sites for hydroxylation is 1. The minimum atomic E-state index is -0.138. The zero-order valence-corrected chi connectivity index (χ0v) is 19.2. The van der Waals surface area contributed by atoms with Gasteiger partial charge in [-0.25, -0.2) is 4.98 Å². The number of aromatic nitrogens is 4. The Kier molecular flexibility index (Phi) is 5.65. The first-order valence-corrected chi connectivity index (χ1v) is 12.6. The summed E-state index contributed by atoms with van der Waals surface area (Å²) >= 11 is 0. The highest BCUT2D eigenvalue weighted by Gasteiger charge is 2.37. The molecule has 0 radical (unpaired) electrons. The summed E-state index contributed by atoms with van der Waals surface area (Å²) < 4.78 is 5.50. The summed E-state index contributed by atoms with van der Waals surface area (Å²) in [4.78, 5) is 27.2. The third-order valence-corrected chi connectivity index (χ3v) is 7.64. The van der Waals surface area contributed by atoms with Gasteiger partial charge in [0.25, 0.3) is 0 Å². The second-order valence-electron chi connectivity index (χ2n) is 9.76. The molecule has 2 N–H and O–H groups in total. The van der Waals surface area contributed by atoms with Crippen LogP contribution in [0, 0.1) is 0 Å². The Hall–Kier alpha value is -2.68. The average molecular weight is 452 g/mol. The summed E-state index contributed by atoms with van der Waals surface area (Å²) in [6, 6.07) is 1.97. The van der Waals surface area contributed by atoms with Crippen LogP contribution in [0.3, 0.4) is 0 Å². The number of aromatic amines is 1. The highest BCUT2D eigenvalue weighted by molar-refractivity contribution is 5.85. The van der Waals surface area contributed by atoms with Crippen molar-refractivity contribution in [1.29, 1.82) is 0 Å². The van der Waals surface area contributed by atoms with Crippen molar-refractivity contribution >= 4 is 23.5 Å². The molecule has 1 atom stereocenters. The lowest BCUT2D eigenvalue weighted by Crippen LogP contribution is -2.45. The number of nitrogens with one attached hydrogen (secondary N) is 2. The van der Waals surface area contributed by atoms with Crippen LogP contribution >= 0.6 is 0 Å². The summed E-state index contributed by atoms with van der Waals surface area (Å²) in [7, 11) is 0. The Labute approximate surface area is 194 Å². The van der Waals surface area contributed by atoms with Crippen molar-refractivity contribution in [3.05, 3.63) is 23.0 Å². The van der Waals surface area contributed by atoms with Crippen molar-refractivity contribution in [2.75, 3.05) is 43.1 Å². The summed E-state index contributed by atoms with van der Waals surface area (Å²) in [6.07, 6.45) is 9.19. The van der Waals surface area contributed by atoms with Crippen molar-refractivity contribution in [2.24, 2.45) is 0 Å². The molecule has 5 heterocycles. The Balaban J connectivity index is 1.25. The maximum atomic E-state index is 13.2. The summed E-state index contributed by atoms with van der Waals surface area (Å²) in [6.45, 7) is 4.22. The summed E-state index contributed by atoms with van der Waals surface area (Å²) in [5, 5.41) is 11.2. The van der Waals surface area contributed by atoms with Crippen molar-refractivity contribution in [3.8, 4) is 0 Å². The number of rotatable bonds is 5. The largest absolute Gasteiger partial charge is 0.381 e. The average Bonchev–Trinajstić information content (AvgIpc) is 3.65. The summed E-state index contributed by atoms with van der Waals surface area (Å²) in [5.41, 5.74) is 3.46. The molecule has 0 bridgehead atoms. The van der Waals surface area contributed by atoms with E-state index in [4.69, 9.17) is 14.7 Å². The van der Waals surface area contributed by atoms with Crippen LogP contribution in [0.5, 0.6) is 0 Å². The predicted octanol–water partition coefficient (Wildman–Crippen LogP) is 2.92. The molecule has 1 amide bonds. The van der Waals surface area contributed by atoms with Crippen LogP contribution in [-0.2, 0) is 22.4 Å². The maximum absolute atomic E-state index is 13.2. The molecule has 0 aromatic carbocycles. The number of likely N-dealkylation sites (tertiary alicyclic amines) is 1. The first-order valence-electron chi connectivity index (χ1n) is 12.6. The molecule has 3 aliphatic heterocycles. The molecule has 176 valence electrons. The number of hydrogen-bond acceptors (Lipinski definition) is 7. The van der Waals surface area contributed by atoms with Gasteiger partial charge in [-0.15, -0.1) is 0 Å². The van der Waals surface area contributed by atoms with Gasteiger partial charge >= 0.3 is 0 Å². The SMILES string of the molecule is O=C(C1CCCN1c1nc2c(c(Nc3cc(C4CCOCC4)[nH]n3)n1)CCC2)N1CCCC1. The van der Waals surface area contributed by atoms with Gasteiger partial charge in [0.1, 0.15) is 11.9 Å². The van der Waals surface area contributed by atoms with Gasteiger partial charge < -0.3 is 19.9 Å². The van der Waals surface area contributed by atoms with Crippen LogP contribution in [0.2, 0.25) is 0 Å². The fraction of sp³-hybridized carbons (Fsp3) is 0.667. The minimum Gasteiger partial charge on any atom is -0.381 e. The molecule has 4 aliphatic rings. The van der Waals surface area contributed by atoms with Gasteiger partial charge in [-0.05, 0) is 57.8 Å². The fourth-order valence-corrected chi connectivity index (χ4v) is 5.80. The molecule has 1 aliphatic carbocycles. The van der Waals surface area contributed by atoms with Crippen molar-refractivity contribution < 1.29 is 9.53 Å². The molecule has 9 nitrogen and oxygen atoms in total. The smallest absolute Gasteiger partial charge is 0.245 e. The zero-order valence-electron chi connectivity index (χ0n) is 19.2. The Bertz CT molecular complexity index is 1010. The van der Waals surface area contributed by atoms with Gasteiger partial charge in [0.2, 0.25) is 11.9 Å². The van der Waals surface area contributed by atoms with E-state index in [0.717, 1.165) is 114 Å². The van der Waals surface area contributed by atoms with Gasteiger partial charge in [0, 0.05) is 56.1 Å². The Morgan fingerprint density at radius 1 is 1.03 bits per heavy atom. The number of fused-ring (bicyclic) bond motifs is 1. The molecule has 0 saturated carbocycles. The van der Waals surface area contributed by atoms with Crippen LogP contribution in [0.25, 0.3) is 0 Å². The van der Waals surface area contributed by atoms with Crippen LogP contribution in [0.1, 0.15) is 67.8 Å². The molecule has 2 aromatic rings. The Morgan fingerprint density at radius 3 is 2.73 bits per heavy atom. The van der Waals surface area contributed by atoms with Gasteiger partial charge in [-0.1, -0.05) is 0 Å². The van der Waals surface area contributed by atoms with Crippen molar-refractivity contribution in [2.45, 2.75) is 69.7 Å². The van der Waals surface area contributed by atoms with E-state index in [1.54, 1.807) is 0 Å². The second kappa shape index (κ2) is 8.93. The third kappa shape index (κ3) is 4.07. The van der Waals surface area contributed by atoms with Crippen LogP contribution in [0.15, 0.2) is 6.07 Å². The first kappa shape index (κ1) is 20.9. The van der Waals surface area contributed by atoms with Gasteiger partial charge in [-0.2, -0.15) is 10.1 Å². The molecule has 9 heteroatoms. The van der Waals surface area contributed by atoms with Crippen LogP contribution < -0.4 is 10.2 Å². The van der Waals surface area contributed by atoms with Crippen LogP contribution in [0.4, 0.5) is 17.6 Å². The standard InChI is InChI=1S/C24H33N7O2/c32-23(30-10-1-2-11-30)20-7-4-12-31(20)24-25-18-6-3-5-17(18)22(27-24)26-21-15-19(28-29-21)16-8-13-33-14-9-16/h15-16,20H,1-14H2,(H2,25,26,27,28,29). The van der Waals surface area contributed by atoms with E-state index >= 15 is 0 Å². The van der Waals surface area contributed by atoms with Gasteiger partial charge in [0.05, 0.1) is 5.69 Å². The zero-order chi connectivity index (χ0) is 22.2. The molecule has 2 aromatic heterocycles. The summed E-state index contributed by atoms with van der Waals surface area (Å²) in [5.74, 6) is 3.04. The van der Waals surface area contributed by atoms with Crippen molar-refractivity contribution in [1.82, 2.24) is 25.1 Å². The quantitative estimate of drug-likeness (QED) is 0.721. The molecular formula is C24H33N7O2. The molecule has 0 spiro atoms. The number of carbonyl (C=O) groups is 1. The monoisotopic (exact) mass is 451 g/mol. The van der Waals surface area contributed by atoms with E-state index in [0.29, 0.717) is 11.9 Å². The molecule has 3 fully saturated rings.